The van der Waals surface area contributed by atoms with Gasteiger partial charge in [0, 0.05) is 18.8 Å². The number of aromatic nitrogens is 1. The van der Waals surface area contributed by atoms with Crippen LogP contribution in [0.3, 0.4) is 0 Å². The van der Waals surface area contributed by atoms with E-state index >= 15 is 0 Å². The molecular weight excluding hydrogens is 168 g/mol. The SMILES string of the molecule is C=C(C(=O)O)c1ccc(NC)nc1. The molecule has 4 nitrogen and oxygen atoms in total. The third-order valence-corrected chi connectivity index (χ3v) is 1.63. The molecule has 2 N–H and O–H groups in total. The Kier molecular flexibility index (Phi) is 2.64. The number of hydrogen-bond acceptors (Lipinski definition) is 3. The van der Waals surface area contributed by atoms with Crippen molar-refractivity contribution in [1.82, 2.24) is 4.98 Å². The molecule has 0 saturated carbocycles. The molecule has 0 aliphatic rings. The molecule has 68 valence electrons. The van der Waals surface area contributed by atoms with Crippen molar-refractivity contribution in [2.24, 2.45) is 0 Å². The zero-order valence-corrected chi connectivity index (χ0v) is 7.24. The van der Waals surface area contributed by atoms with Crippen LogP contribution in [0.5, 0.6) is 0 Å². The van der Waals surface area contributed by atoms with E-state index in [9.17, 15) is 4.79 Å². The molecule has 1 heterocycles. The number of carboxylic acids is 1. The van der Waals surface area contributed by atoms with E-state index in [1.807, 2.05) is 0 Å². The Labute approximate surface area is 75.9 Å². The van der Waals surface area contributed by atoms with Crippen LogP contribution >= 0.6 is 0 Å². The lowest BCUT2D eigenvalue weighted by Crippen LogP contribution is -1.99. The van der Waals surface area contributed by atoms with Gasteiger partial charge in [-0.25, -0.2) is 9.78 Å². The highest BCUT2D eigenvalue weighted by atomic mass is 16.4. The van der Waals surface area contributed by atoms with Crippen LogP contribution in [0.1, 0.15) is 5.56 Å². The number of aliphatic carboxylic acids is 1. The summed E-state index contributed by atoms with van der Waals surface area (Å²) < 4.78 is 0. The van der Waals surface area contributed by atoms with Crippen molar-refractivity contribution in [3.63, 3.8) is 0 Å². The summed E-state index contributed by atoms with van der Waals surface area (Å²) >= 11 is 0. The minimum atomic E-state index is -1.03. The molecule has 0 spiro atoms. The molecule has 4 heteroatoms. The molecule has 0 saturated heterocycles. The Morgan fingerprint density at radius 2 is 2.31 bits per heavy atom. The van der Waals surface area contributed by atoms with E-state index in [4.69, 9.17) is 5.11 Å². The van der Waals surface area contributed by atoms with Crippen molar-refractivity contribution in [2.45, 2.75) is 0 Å². The van der Waals surface area contributed by atoms with Crippen LogP contribution < -0.4 is 5.32 Å². The van der Waals surface area contributed by atoms with Crippen LogP contribution in [0.15, 0.2) is 24.9 Å². The second-order valence-electron chi connectivity index (χ2n) is 2.47. The van der Waals surface area contributed by atoms with E-state index in [0.717, 1.165) is 0 Å². The fourth-order valence-electron chi connectivity index (χ4n) is 0.844. The van der Waals surface area contributed by atoms with Crippen molar-refractivity contribution >= 4 is 17.4 Å². The van der Waals surface area contributed by atoms with Crippen LogP contribution in [0.2, 0.25) is 0 Å². The van der Waals surface area contributed by atoms with Gasteiger partial charge in [0.05, 0.1) is 5.57 Å². The minimum Gasteiger partial charge on any atom is -0.478 e. The monoisotopic (exact) mass is 178 g/mol. The second kappa shape index (κ2) is 3.71. The Morgan fingerprint density at radius 1 is 1.62 bits per heavy atom. The van der Waals surface area contributed by atoms with Gasteiger partial charge in [-0.05, 0) is 12.1 Å². The molecule has 0 fully saturated rings. The highest BCUT2D eigenvalue weighted by molar-refractivity contribution is 6.14. The number of anilines is 1. The summed E-state index contributed by atoms with van der Waals surface area (Å²) in [6.07, 6.45) is 1.47. The number of rotatable bonds is 3. The topological polar surface area (TPSA) is 62.2 Å². The molecule has 0 aromatic carbocycles. The van der Waals surface area contributed by atoms with Crippen LogP contribution in [0, 0.1) is 0 Å². The lowest BCUT2D eigenvalue weighted by Gasteiger charge is -2.01. The molecule has 0 radical (unpaired) electrons. The summed E-state index contributed by atoms with van der Waals surface area (Å²) in [5, 5.41) is 11.5. The highest BCUT2D eigenvalue weighted by Gasteiger charge is 2.06. The molecule has 0 aliphatic heterocycles. The average Bonchev–Trinajstić information content (AvgIpc) is 2.17. The smallest absolute Gasteiger partial charge is 0.335 e. The van der Waals surface area contributed by atoms with Gasteiger partial charge < -0.3 is 10.4 Å². The summed E-state index contributed by atoms with van der Waals surface area (Å²) in [4.78, 5) is 14.5. The molecule has 0 unspecified atom stereocenters. The lowest BCUT2D eigenvalue weighted by atomic mass is 10.1. The maximum absolute atomic E-state index is 10.5. The van der Waals surface area contributed by atoms with Gasteiger partial charge >= 0.3 is 5.97 Å². The van der Waals surface area contributed by atoms with Crippen molar-refractivity contribution in [2.75, 3.05) is 12.4 Å². The highest BCUT2D eigenvalue weighted by Crippen LogP contribution is 2.12. The van der Waals surface area contributed by atoms with Crippen molar-refractivity contribution < 1.29 is 9.90 Å². The fourth-order valence-corrected chi connectivity index (χ4v) is 0.844. The van der Waals surface area contributed by atoms with Crippen LogP contribution in [0.25, 0.3) is 5.57 Å². The third kappa shape index (κ3) is 2.05. The van der Waals surface area contributed by atoms with Gasteiger partial charge in [0.2, 0.25) is 0 Å². The molecule has 1 rings (SSSR count). The minimum absolute atomic E-state index is 0.0511. The Hall–Kier alpha value is -1.84. The van der Waals surface area contributed by atoms with E-state index in [2.05, 4.69) is 16.9 Å². The van der Waals surface area contributed by atoms with E-state index in [-0.39, 0.29) is 5.57 Å². The first-order valence-corrected chi connectivity index (χ1v) is 3.71. The van der Waals surface area contributed by atoms with Gasteiger partial charge in [-0.3, -0.25) is 0 Å². The predicted octanol–water partition coefficient (Wildman–Crippen LogP) is 1.22. The first-order valence-electron chi connectivity index (χ1n) is 3.71. The van der Waals surface area contributed by atoms with Crippen LogP contribution in [0.4, 0.5) is 5.82 Å². The molecule has 13 heavy (non-hydrogen) atoms. The largest absolute Gasteiger partial charge is 0.478 e. The van der Waals surface area contributed by atoms with Gasteiger partial charge in [0.1, 0.15) is 5.82 Å². The standard InChI is InChI=1S/C9H10N2O2/c1-6(9(12)13)7-3-4-8(10-2)11-5-7/h3-5H,1H2,2H3,(H,10,11)(H,12,13). The predicted molar refractivity (Wildman–Crippen MR) is 50.5 cm³/mol. The second-order valence-corrected chi connectivity index (χ2v) is 2.47. The summed E-state index contributed by atoms with van der Waals surface area (Å²) in [6.45, 7) is 3.42. The maximum atomic E-state index is 10.5. The number of pyridine rings is 1. The van der Waals surface area contributed by atoms with E-state index in [1.165, 1.54) is 6.20 Å². The maximum Gasteiger partial charge on any atom is 0.335 e. The fraction of sp³-hybridized carbons (Fsp3) is 0.111. The summed E-state index contributed by atoms with van der Waals surface area (Å²) in [7, 11) is 1.74. The number of carboxylic acid groups (broad SMARTS) is 1. The normalized spacial score (nSPS) is 9.31. The van der Waals surface area contributed by atoms with Gasteiger partial charge in [0.15, 0.2) is 0 Å². The van der Waals surface area contributed by atoms with Crippen molar-refractivity contribution in [1.29, 1.82) is 0 Å². The summed E-state index contributed by atoms with van der Waals surface area (Å²) in [5.74, 6) is -0.332. The van der Waals surface area contributed by atoms with E-state index < -0.39 is 5.97 Å². The van der Waals surface area contributed by atoms with Crippen molar-refractivity contribution in [3.05, 3.63) is 30.5 Å². The number of hydrogen-bond donors (Lipinski definition) is 2. The van der Waals surface area contributed by atoms with Gasteiger partial charge in [-0.2, -0.15) is 0 Å². The molecule has 0 atom stereocenters. The lowest BCUT2D eigenvalue weighted by molar-refractivity contribution is -0.130. The van der Waals surface area contributed by atoms with Crippen molar-refractivity contribution in [3.8, 4) is 0 Å². The molecule has 1 aromatic heterocycles. The summed E-state index contributed by atoms with van der Waals surface area (Å²) in [5.41, 5.74) is 0.571. The molecular formula is C9H10N2O2. The molecule has 1 aromatic rings. The molecule has 0 aliphatic carbocycles. The zero-order valence-electron chi connectivity index (χ0n) is 7.24. The Morgan fingerprint density at radius 3 is 2.69 bits per heavy atom. The third-order valence-electron chi connectivity index (χ3n) is 1.63. The van der Waals surface area contributed by atoms with Gasteiger partial charge in [0.25, 0.3) is 0 Å². The Balaban J connectivity index is 2.92. The molecule has 0 bridgehead atoms. The van der Waals surface area contributed by atoms with Gasteiger partial charge in [-0.15, -0.1) is 0 Å². The quantitative estimate of drug-likeness (QED) is 0.683. The van der Waals surface area contributed by atoms with E-state index in [0.29, 0.717) is 11.4 Å². The van der Waals surface area contributed by atoms with Gasteiger partial charge in [-0.1, -0.05) is 6.58 Å². The Bertz CT molecular complexity index is 330. The average molecular weight is 178 g/mol. The summed E-state index contributed by atoms with van der Waals surface area (Å²) in [6, 6.07) is 3.36. The number of nitrogens with zero attached hydrogens (tertiary/aromatic N) is 1. The number of carbonyl (C=O) groups is 1. The first-order chi connectivity index (χ1) is 6.15. The number of nitrogens with one attached hydrogen (secondary N) is 1. The van der Waals surface area contributed by atoms with E-state index in [1.54, 1.807) is 19.2 Å². The zero-order chi connectivity index (χ0) is 9.84. The van der Waals surface area contributed by atoms with Crippen LogP contribution in [-0.2, 0) is 4.79 Å². The first kappa shape index (κ1) is 9.25. The molecule has 0 amide bonds. The van der Waals surface area contributed by atoms with Crippen LogP contribution in [-0.4, -0.2) is 23.1 Å².